The number of hydrogen-bond acceptors (Lipinski definition) is 3. The van der Waals surface area contributed by atoms with Gasteiger partial charge < -0.3 is 4.57 Å². The first kappa shape index (κ1) is 34.7. The lowest BCUT2D eigenvalue weighted by atomic mass is 10.0. The highest BCUT2D eigenvalue weighted by Crippen LogP contribution is 2.40. The zero-order valence-electron chi connectivity index (χ0n) is 33.2. The van der Waals surface area contributed by atoms with E-state index in [0.717, 1.165) is 85.1 Å². The molecule has 10 rings (SSSR count). The number of imidazole rings is 3. The van der Waals surface area contributed by atoms with Gasteiger partial charge in [0, 0.05) is 28.1 Å². The molecule has 0 N–H and O–H groups in total. The van der Waals surface area contributed by atoms with Crippen LogP contribution in [0.3, 0.4) is 0 Å². The van der Waals surface area contributed by atoms with Gasteiger partial charge in [0.25, 0.3) is 0 Å². The van der Waals surface area contributed by atoms with Gasteiger partial charge in [-0.15, -0.1) is 0 Å². The normalized spacial score (nSPS) is 14.3. The van der Waals surface area contributed by atoms with Crippen molar-refractivity contribution in [2.24, 2.45) is 0 Å². The van der Waals surface area contributed by atoms with Gasteiger partial charge in [-0.25, -0.2) is 15.0 Å². The highest BCUT2D eigenvalue weighted by Gasteiger charge is 2.25. The fourth-order valence-corrected chi connectivity index (χ4v) is 8.57. The minimum atomic E-state index is 0.114. The zero-order chi connectivity index (χ0) is 38.9. The molecule has 0 amide bonds. The number of allylic oxidation sites excluding steroid dienone is 4. The molecule has 6 nitrogen and oxygen atoms in total. The molecule has 3 aromatic heterocycles. The molecule has 278 valence electrons. The molecule has 0 radical (unpaired) electrons. The van der Waals surface area contributed by atoms with Crippen molar-refractivity contribution in [3.63, 3.8) is 0 Å². The Morgan fingerprint density at radius 1 is 0.456 bits per heavy atom. The average molecular weight is 741 g/mol. The summed E-state index contributed by atoms with van der Waals surface area (Å²) in [5.74, 6) is 2.66. The molecule has 6 heteroatoms. The van der Waals surface area contributed by atoms with Gasteiger partial charge in [-0.1, -0.05) is 66.3 Å². The fourth-order valence-electron chi connectivity index (χ4n) is 8.57. The van der Waals surface area contributed by atoms with E-state index in [1.54, 1.807) is 0 Å². The summed E-state index contributed by atoms with van der Waals surface area (Å²) in [5.41, 5.74) is 18.5. The number of nitrogens with zero attached hydrogens (tertiary/aromatic N) is 6. The van der Waals surface area contributed by atoms with Crippen LogP contribution in [-0.2, 0) is 0 Å². The van der Waals surface area contributed by atoms with Crippen molar-refractivity contribution >= 4 is 33.1 Å². The number of fused-ring (bicyclic) bond motifs is 3. The van der Waals surface area contributed by atoms with Crippen LogP contribution in [0.15, 0.2) is 145 Å². The highest BCUT2D eigenvalue weighted by molar-refractivity contribution is 5.90. The molecule has 9 aromatic rings. The van der Waals surface area contributed by atoms with Crippen LogP contribution in [0.4, 0.5) is 0 Å². The van der Waals surface area contributed by atoms with Crippen LogP contribution in [0.2, 0.25) is 0 Å². The molecule has 0 aliphatic heterocycles. The van der Waals surface area contributed by atoms with Gasteiger partial charge in [-0.3, -0.25) is 9.13 Å². The summed E-state index contributed by atoms with van der Waals surface area (Å²) in [7, 11) is 0. The van der Waals surface area contributed by atoms with Crippen LogP contribution >= 0.6 is 0 Å². The SMILES string of the molecule is CC1=CC(n2c(-c3cc(-c4nc5ccc(C)cc5n4-c4cccc(C)c4)cc(-c4nc5ccc(C)cc5n4-c4cccc(C)c4)c3)nc3ccc(C)cc32)CC=C1. The maximum Gasteiger partial charge on any atom is 0.145 e. The Labute approximate surface area is 333 Å². The monoisotopic (exact) mass is 740 g/mol. The minimum absolute atomic E-state index is 0.114. The van der Waals surface area contributed by atoms with E-state index in [4.69, 9.17) is 15.0 Å². The van der Waals surface area contributed by atoms with Crippen molar-refractivity contribution in [2.45, 2.75) is 54.0 Å². The van der Waals surface area contributed by atoms with Crippen molar-refractivity contribution in [3.05, 3.63) is 173 Å². The Hall–Kier alpha value is -6.79. The maximum atomic E-state index is 5.44. The lowest BCUT2D eigenvalue weighted by Gasteiger charge is -2.21. The summed E-state index contributed by atoms with van der Waals surface area (Å²) in [6.07, 6.45) is 7.76. The van der Waals surface area contributed by atoms with E-state index in [1.807, 2.05) is 0 Å². The second-order valence-corrected chi connectivity index (χ2v) is 15.9. The van der Waals surface area contributed by atoms with Gasteiger partial charge in [0.15, 0.2) is 0 Å². The van der Waals surface area contributed by atoms with Gasteiger partial charge >= 0.3 is 0 Å². The summed E-state index contributed by atoms with van der Waals surface area (Å²) in [4.78, 5) is 16.3. The van der Waals surface area contributed by atoms with Crippen LogP contribution in [0.25, 0.3) is 78.6 Å². The molecule has 1 atom stereocenters. The Bertz CT molecular complexity index is 2980. The topological polar surface area (TPSA) is 53.5 Å². The van der Waals surface area contributed by atoms with Gasteiger partial charge in [0.05, 0.1) is 39.1 Å². The van der Waals surface area contributed by atoms with Crippen LogP contribution < -0.4 is 0 Å². The zero-order valence-corrected chi connectivity index (χ0v) is 33.2. The average Bonchev–Trinajstić information content (AvgIpc) is 3.89. The first-order valence-corrected chi connectivity index (χ1v) is 19.8. The van der Waals surface area contributed by atoms with Gasteiger partial charge in [0.2, 0.25) is 0 Å². The van der Waals surface area contributed by atoms with E-state index in [-0.39, 0.29) is 6.04 Å². The summed E-state index contributed by atoms with van der Waals surface area (Å²) < 4.78 is 7.07. The van der Waals surface area contributed by atoms with Crippen LogP contribution in [0.5, 0.6) is 0 Å². The van der Waals surface area contributed by atoms with Gasteiger partial charge in [-0.2, -0.15) is 0 Å². The van der Waals surface area contributed by atoms with E-state index in [9.17, 15) is 0 Å². The number of benzene rings is 6. The molecule has 0 saturated heterocycles. The molecule has 1 aliphatic rings. The predicted octanol–water partition coefficient (Wildman–Crippen LogP) is 12.7. The molecule has 0 fully saturated rings. The second kappa shape index (κ2) is 13.5. The molecule has 6 aromatic carbocycles. The molecule has 1 unspecified atom stereocenters. The first-order chi connectivity index (χ1) is 27.7. The third-order valence-electron chi connectivity index (χ3n) is 11.2. The third-order valence-corrected chi connectivity index (χ3v) is 11.2. The summed E-state index contributed by atoms with van der Waals surface area (Å²) in [6, 6.07) is 44.0. The third kappa shape index (κ3) is 6.09. The lowest BCUT2D eigenvalue weighted by Crippen LogP contribution is -2.10. The van der Waals surface area contributed by atoms with Crippen molar-refractivity contribution < 1.29 is 0 Å². The molecule has 3 heterocycles. The Morgan fingerprint density at radius 2 is 0.895 bits per heavy atom. The van der Waals surface area contributed by atoms with Gasteiger partial charge in [-0.05, 0) is 155 Å². The van der Waals surface area contributed by atoms with E-state index in [0.29, 0.717) is 0 Å². The quantitative estimate of drug-likeness (QED) is 0.171. The van der Waals surface area contributed by atoms with Crippen LogP contribution in [-0.4, -0.2) is 28.7 Å². The van der Waals surface area contributed by atoms with Crippen LogP contribution in [0, 0.1) is 34.6 Å². The Morgan fingerprint density at radius 3 is 1.39 bits per heavy atom. The Kier molecular flexibility index (Phi) is 8.18. The Balaban J connectivity index is 1.32. The molecule has 57 heavy (non-hydrogen) atoms. The fraction of sp³-hybridized carbons (Fsp3) is 0.157. The summed E-state index contributed by atoms with van der Waals surface area (Å²) >= 11 is 0. The minimum Gasteiger partial charge on any atom is -0.317 e. The number of hydrogen-bond donors (Lipinski definition) is 0. The molecule has 0 spiro atoms. The highest BCUT2D eigenvalue weighted by atomic mass is 15.1. The lowest BCUT2D eigenvalue weighted by molar-refractivity contribution is 0.626. The predicted molar refractivity (Wildman–Crippen MR) is 236 cm³/mol. The standard InChI is InChI=1S/C51H44N6/c1-31-10-7-13-40(22-31)55-46-25-34(4)16-19-43(46)52-49(55)37-28-38(50-53-44-20-17-35(5)26-47(44)56(50)41-14-8-11-32(2)23-41)30-39(29-37)51-54-45-21-18-36(6)27-48(45)57(51)42-15-9-12-33(3)24-42/h7-14,16-30,42H,15H2,1-6H3. The summed E-state index contributed by atoms with van der Waals surface area (Å²) in [5, 5.41) is 0. The second-order valence-electron chi connectivity index (χ2n) is 15.9. The van der Waals surface area contributed by atoms with Crippen LogP contribution in [0.1, 0.15) is 47.2 Å². The molecule has 1 aliphatic carbocycles. The summed E-state index contributed by atoms with van der Waals surface area (Å²) in [6.45, 7) is 12.9. The van der Waals surface area contributed by atoms with Crippen molar-refractivity contribution in [1.29, 1.82) is 0 Å². The molecular formula is C51H44N6. The number of aryl methyl sites for hydroxylation is 5. The van der Waals surface area contributed by atoms with Crippen molar-refractivity contribution in [3.8, 4) is 45.5 Å². The van der Waals surface area contributed by atoms with E-state index < -0.39 is 0 Å². The smallest absolute Gasteiger partial charge is 0.145 e. The van der Waals surface area contributed by atoms with Gasteiger partial charge in [0.1, 0.15) is 17.5 Å². The first-order valence-electron chi connectivity index (χ1n) is 19.8. The number of aromatic nitrogens is 6. The molecule has 0 bridgehead atoms. The number of rotatable bonds is 6. The molecular weight excluding hydrogens is 697 g/mol. The van der Waals surface area contributed by atoms with E-state index in [1.165, 1.54) is 33.4 Å². The largest absolute Gasteiger partial charge is 0.317 e. The van der Waals surface area contributed by atoms with E-state index in [2.05, 4.69) is 195 Å². The maximum absolute atomic E-state index is 5.44. The van der Waals surface area contributed by atoms with Crippen molar-refractivity contribution in [1.82, 2.24) is 28.7 Å². The van der Waals surface area contributed by atoms with Crippen molar-refractivity contribution in [2.75, 3.05) is 0 Å². The van der Waals surface area contributed by atoms with E-state index >= 15 is 0 Å². The molecule has 0 saturated carbocycles.